The molecule has 1 unspecified atom stereocenters. The van der Waals surface area contributed by atoms with Gasteiger partial charge in [-0.3, -0.25) is 0 Å². The Morgan fingerprint density at radius 2 is 2.07 bits per heavy atom. The predicted molar refractivity (Wildman–Crippen MR) is 67.0 cm³/mol. The molecule has 0 aliphatic heterocycles. The Kier molecular flexibility index (Phi) is 4.13. The zero-order valence-electron chi connectivity index (χ0n) is 9.02. The second-order valence-electron chi connectivity index (χ2n) is 3.86. The van der Waals surface area contributed by atoms with Crippen LogP contribution in [0.3, 0.4) is 0 Å². The van der Waals surface area contributed by atoms with Crippen LogP contribution < -0.4 is 10.6 Å². The molecular weight excluding hydrogens is 260 g/mol. The molecule has 0 amide bonds. The Morgan fingerprint density at radius 3 is 2.43 bits per heavy atom. The first-order chi connectivity index (χ1) is 6.51. The van der Waals surface area contributed by atoms with Gasteiger partial charge in [-0.15, -0.1) is 11.3 Å². The summed E-state index contributed by atoms with van der Waals surface area (Å²) in [6.07, 6.45) is 0. The third-order valence-corrected chi connectivity index (χ3v) is 4.29. The van der Waals surface area contributed by atoms with Crippen LogP contribution in [-0.2, 0) is 0 Å². The Bertz CT molecular complexity index is 296. The molecule has 0 saturated heterocycles. The normalized spacial score (nSPS) is 14.4. The molecule has 0 radical (unpaired) electrons. The van der Waals surface area contributed by atoms with Crippen molar-refractivity contribution in [1.29, 1.82) is 0 Å². The number of nitrogens with one attached hydrogen (secondary N) is 2. The van der Waals surface area contributed by atoms with E-state index in [-0.39, 0.29) is 5.54 Å². The number of thiophene rings is 1. The standard InChI is InChI=1S/C10H17BrN2S/c1-10(2,13-4)9(12-3)8-5-7(11)6-14-8/h5-6,9,12-13H,1-4H3. The summed E-state index contributed by atoms with van der Waals surface area (Å²) in [5, 5.41) is 8.80. The Hall–Kier alpha value is 0.1000. The van der Waals surface area contributed by atoms with Crippen LogP contribution in [0.1, 0.15) is 24.8 Å². The van der Waals surface area contributed by atoms with Crippen molar-refractivity contribution in [1.82, 2.24) is 10.6 Å². The molecule has 0 aliphatic carbocycles. The molecule has 1 aromatic heterocycles. The van der Waals surface area contributed by atoms with E-state index in [9.17, 15) is 0 Å². The third kappa shape index (κ3) is 2.57. The average Bonchev–Trinajstić information content (AvgIpc) is 2.53. The maximum Gasteiger partial charge on any atom is 0.0592 e. The molecule has 1 aromatic rings. The van der Waals surface area contributed by atoms with Crippen LogP contribution in [0.2, 0.25) is 0 Å². The van der Waals surface area contributed by atoms with Crippen LogP contribution in [-0.4, -0.2) is 19.6 Å². The van der Waals surface area contributed by atoms with Crippen LogP contribution in [0.25, 0.3) is 0 Å². The predicted octanol–water partition coefficient (Wildman–Crippen LogP) is 2.77. The number of likely N-dealkylation sites (N-methyl/N-ethyl adjacent to an activating group) is 2. The lowest BCUT2D eigenvalue weighted by molar-refractivity contribution is 0.315. The van der Waals surface area contributed by atoms with Gasteiger partial charge in [0.05, 0.1) is 6.04 Å². The number of halogens is 1. The topological polar surface area (TPSA) is 24.1 Å². The molecule has 1 atom stereocenters. The molecule has 4 heteroatoms. The quantitative estimate of drug-likeness (QED) is 0.884. The van der Waals surface area contributed by atoms with Crippen molar-refractivity contribution in [2.24, 2.45) is 0 Å². The summed E-state index contributed by atoms with van der Waals surface area (Å²) in [6, 6.07) is 2.51. The minimum Gasteiger partial charge on any atom is -0.313 e. The van der Waals surface area contributed by atoms with Gasteiger partial charge in [0.1, 0.15) is 0 Å². The zero-order chi connectivity index (χ0) is 10.8. The minimum absolute atomic E-state index is 0.0546. The van der Waals surface area contributed by atoms with Gasteiger partial charge < -0.3 is 10.6 Å². The maximum atomic E-state index is 3.48. The van der Waals surface area contributed by atoms with E-state index in [4.69, 9.17) is 0 Å². The van der Waals surface area contributed by atoms with E-state index >= 15 is 0 Å². The number of hydrogen-bond donors (Lipinski definition) is 2. The number of rotatable bonds is 4. The molecule has 1 heterocycles. The summed E-state index contributed by atoms with van der Waals surface area (Å²) in [5.74, 6) is 0. The van der Waals surface area contributed by atoms with Crippen molar-refractivity contribution in [3.8, 4) is 0 Å². The fraction of sp³-hybridized carbons (Fsp3) is 0.600. The second-order valence-corrected chi connectivity index (χ2v) is 5.72. The van der Waals surface area contributed by atoms with Crippen LogP contribution in [0.4, 0.5) is 0 Å². The SMILES string of the molecule is CNC(c1cc(Br)cs1)C(C)(C)NC. The van der Waals surface area contributed by atoms with Gasteiger partial charge >= 0.3 is 0 Å². The molecule has 0 bridgehead atoms. The van der Waals surface area contributed by atoms with Crippen molar-refractivity contribution in [3.63, 3.8) is 0 Å². The van der Waals surface area contributed by atoms with Crippen molar-refractivity contribution in [2.45, 2.75) is 25.4 Å². The van der Waals surface area contributed by atoms with E-state index in [1.165, 1.54) is 4.88 Å². The third-order valence-electron chi connectivity index (χ3n) is 2.53. The van der Waals surface area contributed by atoms with Crippen LogP contribution >= 0.6 is 27.3 Å². The Labute approximate surface area is 98.2 Å². The highest BCUT2D eigenvalue weighted by molar-refractivity contribution is 9.10. The van der Waals surface area contributed by atoms with Crippen molar-refractivity contribution < 1.29 is 0 Å². The molecule has 80 valence electrons. The Balaban J connectivity index is 2.92. The summed E-state index contributed by atoms with van der Waals surface area (Å²) >= 11 is 5.26. The van der Waals surface area contributed by atoms with Gasteiger partial charge in [0.25, 0.3) is 0 Å². The molecule has 1 rings (SSSR count). The summed E-state index contributed by atoms with van der Waals surface area (Å²) < 4.78 is 1.16. The molecule has 0 aliphatic rings. The lowest BCUT2D eigenvalue weighted by atomic mass is 9.93. The summed E-state index contributed by atoms with van der Waals surface area (Å²) in [6.45, 7) is 4.39. The second kappa shape index (κ2) is 4.75. The first-order valence-electron chi connectivity index (χ1n) is 4.61. The molecule has 0 aromatic carbocycles. The molecule has 0 fully saturated rings. The first kappa shape index (κ1) is 12.2. The summed E-state index contributed by atoms with van der Waals surface area (Å²) in [5.41, 5.74) is 0.0546. The zero-order valence-corrected chi connectivity index (χ0v) is 11.4. The number of hydrogen-bond acceptors (Lipinski definition) is 3. The smallest absolute Gasteiger partial charge is 0.0592 e. The summed E-state index contributed by atoms with van der Waals surface area (Å²) in [7, 11) is 3.99. The first-order valence-corrected chi connectivity index (χ1v) is 6.28. The highest BCUT2D eigenvalue weighted by Crippen LogP contribution is 2.31. The lowest BCUT2D eigenvalue weighted by Gasteiger charge is -2.33. The fourth-order valence-corrected chi connectivity index (χ4v) is 3.22. The highest BCUT2D eigenvalue weighted by atomic mass is 79.9. The van der Waals surface area contributed by atoms with Gasteiger partial charge in [0.15, 0.2) is 0 Å². The lowest BCUT2D eigenvalue weighted by Crippen LogP contribution is -2.47. The van der Waals surface area contributed by atoms with Crippen molar-refractivity contribution in [3.05, 3.63) is 20.8 Å². The van der Waals surface area contributed by atoms with Gasteiger partial charge in [-0.25, -0.2) is 0 Å². The summed E-state index contributed by atoms with van der Waals surface area (Å²) in [4.78, 5) is 1.35. The minimum atomic E-state index is 0.0546. The molecule has 0 spiro atoms. The average molecular weight is 277 g/mol. The van der Waals surface area contributed by atoms with E-state index in [2.05, 4.69) is 51.9 Å². The van der Waals surface area contributed by atoms with Gasteiger partial charge in [-0.1, -0.05) is 0 Å². The van der Waals surface area contributed by atoms with E-state index in [1.54, 1.807) is 11.3 Å². The molecule has 2 nitrogen and oxygen atoms in total. The van der Waals surface area contributed by atoms with Crippen LogP contribution in [0.15, 0.2) is 15.9 Å². The van der Waals surface area contributed by atoms with Gasteiger partial charge in [0, 0.05) is 20.3 Å². The molecule has 14 heavy (non-hydrogen) atoms. The van der Waals surface area contributed by atoms with Crippen molar-refractivity contribution >= 4 is 27.3 Å². The molecular formula is C10H17BrN2S. The largest absolute Gasteiger partial charge is 0.313 e. The van der Waals surface area contributed by atoms with Gasteiger partial charge in [0.2, 0.25) is 0 Å². The van der Waals surface area contributed by atoms with E-state index in [1.807, 2.05) is 14.1 Å². The van der Waals surface area contributed by atoms with Crippen LogP contribution in [0.5, 0.6) is 0 Å². The monoisotopic (exact) mass is 276 g/mol. The van der Waals surface area contributed by atoms with Gasteiger partial charge in [-0.2, -0.15) is 0 Å². The fourth-order valence-electron chi connectivity index (χ4n) is 1.48. The van der Waals surface area contributed by atoms with E-state index in [0.29, 0.717) is 6.04 Å². The maximum absolute atomic E-state index is 3.48. The van der Waals surface area contributed by atoms with Gasteiger partial charge in [-0.05, 0) is 49.9 Å². The molecule has 2 N–H and O–H groups in total. The Morgan fingerprint density at radius 1 is 1.43 bits per heavy atom. The molecule has 0 saturated carbocycles. The van der Waals surface area contributed by atoms with Crippen LogP contribution in [0, 0.1) is 0 Å². The van der Waals surface area contributed by atoms with Crippen molar-refractivity contribution in [2.75, 3.05) is 14.1 Å². The van der Waals surface area contributed by atoms with E-state index in [0.717, 1.165) is 4.47 Å². The van der Waals surface area contributed by atoms with E-state index < -0.39 is 0 Å². The highest BCUT2D eigenvalue weighted by Gasteiger charge is 2.28.